The molecule has 0 saturated carbocycles. The Labute approximate surface area is 112 Å². The Morgan fingerprint density at radius 2 is 2.00 bits per heavy atom. The Balaban J connectivity index is 2.08. The van der Waals surface area contributed by atoms with E-state index in [1.54, 1.807) is 30.3 Å². The third-order valence-electron chi connectivity index (χ3n) is 2.22. The topological polar surface area (TPSA) is 24.9 Å². The van der Waals surface area contributed by atoms with Gasteiger partial charge in [-0.2, -0.15) is 0 Å². The first-order valence-electron chi connectivity index (χ1n) is 4.96. The van der Waals surface area contributed by atoms with Crippen molar-refractivity contribution in [1.29, 1.82) is 0 Å². The van der Waals surface area contributed by atoms with Crippen molar-refractivity contribution in [2.45, 2.75) is 6.54 Å². The molecule has 2 aromatic rings. The fourth-order valence-corrected chi connectivity index (χ4v) is 1.77. The van der Waals surface area contributed by atoms with Crippen molar-refractivity contribution >= 4 is 33.3 Å². The Morgan fingerprint density at radius 3 is 2.71 bits per heavy atom. The average Bonchev–Trinajstić information content (AvgIpc) is 2.32. The third kappa shape index (κ3) is 3.17. The van der Waals surface area contributed by atoms with Crippen LogP contribution in [0.1, 0.15) is 5.56 Å². The molecule has 17 heavy (non-hydrogen) atoms. The first kappa shape index (κ1) is 12.3. The molecule has 0 aliphatic heterocycles. The smallest absolute Gasteiger partial charge is 0.128 e. The SMILES string of the molecule is Fc1ccccc1CNc1ccc(Cl)c(Br)n1. The predicted molar refractivity (Wildman–Crippen MR) is 70.7 cm³/mol. The van der Waals surface area contributed by atoms with Crippen molar-refractivity contribution < 1.29 is 4.39 Å². The second-order valence-electron chi connectivity index (χ2n) is 3.41. The molecule has 1 aromatic carbocycles. The summed E-state index contributed by atoms with van der Waals surface area (Å²) in [5, 5.41) is 3.57. The van der Waals surface area contributed by atoms with Gasteiger partial charge in [0.1, 0.15) is 16.2 Å². The molecule has 2 nitrogen and oxygen atoms in total. The van der Waals surface area contributed by atoms with E-state index >= 15 is 0 Å². The molecule has 1 aromatic heterocycles. The number of aromatic nitrogens is 1. The first-order valence-corrected chi connectivity index (χ1v) is 6.13. The van der Waals surface area contributed by atoms with Gasteiger partial charge in [-0.3, -0.25) is 0 Å². The second kappa shape index (κ2) is 5.47. The van der Waals surface area contributed by atoms with E-state index in [0.29, 0.717) is 27.6 Å². The van der Waals surface area contributed by atoms with Crippen LogP contribution in [0.3, 0.4) is 0 Å². The van der Waals surface area contributed by atoms with E-state index in [4.69, 9.17) is 11.6 Å². The molecular formula is C12H9BrClFN2. The number of hydrogen-bond acceptors (Lipinski definition) is 2. The van der Waals surface area contributed by atoms with Gasteiger partial charge in [0.2, 0.25) is 0 Å². The van der Waals surface area contributed by atoms with Crippen molar-refractivity contribution in [3.8, 4) is 0 Å². The van der Waals surface area contributed by atoms with E-state index in [1.165, 1.54) is 6.07 Å². The zero-order chi connectivity index (χ0) is 12.3. The molecule has 0 saturated heterocycles. The number of hydrogen-bond donors (Lipinski definition) is 1. The minimum absolute atomic E-state index is 0.229. The van der Waals surface area contributed by atoms with E-state index in [0.717, 1.165) is 0 Å². The minimum Gasteiger partial charge on any atom is -0.366 e. The van der Waals surface area contributed by atoms with Gasteiger partial charge in [0.05, 0.1) is 5.02 Å². The number of anilines is 1. The van der Waals surface area contributed by atoms with Gasteiger partial charge < -0.3 is 5.32 Å². The van der Waals surface area contributed by atoms with Gasteiger partial charge in [0, 0.05) is 12.1 Å². The summed E-state index contributed by atoms with van der Waals surface area (Å²) in [7, 11) is 0. The molecule has 0 atom stereocenters. The maximum atomic E-state index is 13.3. The molecule has 0 aliphatic rings. The molecule has 0 unspecified atom stereocenters. The van der Waals surface area contributed by atoms with E-state index in [9.17, 15) is 4.39 Å². The van der Waals surface area contributed by atoms with Crippen LogP contribution >= 0.6 is 27.5 Å². The van der Waals surface area contributed by atoms with E-state index in [1.807, 2.05) is 0 Å². The van der Waals surface area contributed by atoms with Crippen molar-refractivity contribution in [2.24, 2.45) is 0 Å². The quantitative estimate of drug-likeness (QED) is 0.857. The summed E-state index contributed by atoms with van der Waals surface area (Å²) < 4.78 is 13.9. The molecule has 0 bridgehead atoms. The zero-order valence-electron chi connectivity index (χ0n) is 8.75. The third-order valence-corrected chi connectivity index (χ3v) is 3.36. The number of halogens is 3. The summed E-state index contributed by atoms with van der Waals surface area (Å²) >= 11 is 9.06. The molecule has 0 aliphatic carbocycles. The first-order chi connectivity index (χ1) is 8.16. The van der Waals surface area contributed by atoms with Gasteiger partial charge >= 0.3 is 0 Å². The molecule has 0 spiro atoms. The van der Waals surface area contributed by atoms with Crippen LogP contribution in [0, 0.1) is 5.82 Å². The van der Waals surface area contributed by atoms with Crippen molar-refractivity contribution in [2.75, 3.05) is 5.32 Å². The molecule has 1 N–H and O–H groups in total. The minimum atomic E-state index is -0.229. The van der Waals surface area contributed by atoms with Crippen LogP contribution in [0.2, 0.25) is 5.02 Å². The van der Waals surface area contributed by atoms with Crippen molar-refractivity contribution in [3.05, 3.63) is 57.4 Å². The summed E-state index contributed by atoms with van der Waals surface area (Å²) in [6, 6.07) is 10.1. The standard InChI is InChI=1S/C12H9BrClFN2/c13-12-9(14)5-6-11(17-12)16-7-8-3-1-2-4-10(8)15/h1-6H,7H2,(H,16,17). The molecule has 5 heteroatoms. The molecule has 88 valence electrons. The maximum absolute atomic E-state index is 13.3. The molecule has 1 heterocycles. The second-order valence-corrected chi connectivity index (χ2v) is 4.57. The molecule has 0 radical (unpaired) electrons. The predicted octanol–water partition coefficient (Wildman–Crippen LogP) is 4.25. The van der Waals surface area contributed by atoms with Crippen molar-refractivity contribution in [1.82, 2.24) is 4.98 Å². The Kier molecular flexibility index (Phi) is 3.97. The number of nitrogens with one attached hydrogen (secondary N) is 1. The highest BCUT2D eigenvalue weighted by Crippen LogP contribution is 2.22. The van der Waals surface area contributed by atoms with Crippen LogP contribution < -0.4 is 5.32 Å². The van der Waals surface area contributed by atoms with Gasteiger partial charge in [-0.15, -0.1) is 0 Å². The van der Waals surface area contributed by atoms with Gasteiger partial charge in [-0.25, -0.2) is 9.37 Å². The summed E-state index contributed by atoms with van der Waals surface area (Å²) in [4.78, 5) is 4.17. The van der Waals surface area contributed by atoms with Gasteiger partial charge in [0.15, 0.2) is 0 Å². The molecular weight excluding hydrogens is 307 g/mol. The fraction of sp³-hybridized carbons (Fsp3) is 0.0833. The monoisotopic (exact) mass is 314 g/mol. The number of benzene rings is 1. The lowest BCUT2D eigenvalue weighted by molar-refractivity contribution is 0.613. The highest BCUT2D eigenvalue weighted by Gasteiger charge is 2.03. The van der Waals surface area contributed by atoms with Gasteiger partial charge in [-0.05, 0) is 34.1 Å². The fourth-order valence-electron chi connectivity index (χ4n) is 1.34. The molecule has 0 amide bonds. The Morgan fingerprint density at radius 1 is 1.24 bits per heavy atom. The lowest BCUT2D eigenvalue weighted by Gasteiger charge is -2.07. The lowest BCUT2D eigenvalue weighted by atomic mass is 10.2. The highest BCUT2D eigenvalue weighted by molar-refractivity contribution is 9.10. The van der Waals surface area contributed by atoms with E-state index < -0.39 is 0 Å². The van der Waals surface area contributed by atoms with Crippen LogP contribution in [-0.2, 0) is 6.54 Å². The normalized spacial score (nSPS) is 10.3. The summed E-state index contributed by atoms with van der Waals surface area (Å²) in [5.41, 5.74) is 0.598. The highest BCUT2D eigenvalue weighted by atomic mass is 79.9. The number of nitrogens with zero attached hydrogens (tertiary/aromatic N) is 1. The molecule has 2 rings (SSSR count). The summed E-state index contributed by atoms with van der Waals surface area (Å²) in [5.74, 6) is 0.414. The number of rotatable bonds is 3. The van der Waals surface area contributed by atoms with Gasteiger partial charge in [0.25, 0.3) is 0 Å². The summed E-state index contributed by atoms with van der Waals surface area (Å²) in [6.07, 6.45) is 0. The zero-order valence-corrected chi connectivity index (χ0v) is 11.1. The Hall–Kier alpha value is -1.13. The van der Waals surface area contributed by atoms with Crippen LogP contribution in [-0.4, -0.2) is 4.98 Å². The van der Waals surface area contributed by atoms with Crippen LogP contribution in [0.4, 0.5) is 10.2 Å². The van der Waals surface area contributed by atoms with Crippen molar-refractivity contribution in [3.63, 3.8) is 0 Å². The average molecular weight is 316 g/mol. The largest absolute Gasteiger partial charge is 0.366 e. The maximum Gasteiger partial charge on any atom is 0.128 e. The lowest BCUT2D eigenvalue weighted by Crippen LogP contribution is -2.03. The van der Waals surface area contributed by atoms with Gasteiger partial charge in [-0.1, -0.05) is 29.8 Å². The van der Waals surface area contributed by atoms with Crippen LogP contribution in [0.15, 0.2) is 41.0 Å². The summed E-state index contributed by atoms with van der Waals surface area (Å²) in [6.45, 7) is 0.383. The van der Waals surface area contributed by atoms with Crippen LogP contribution in [0.5, 0.6) is 0 Å². The van der Waals surface area contributed by atoms with Crippen LogP contribution in [0.25, 0.3) is 0 Å². The van der Waals surface area contributed by atoms with E-state index in [-0.39, 0.29) is 5.82 Å². The Bertz CT molecular complexity index is 534. The van der Waals surface area contributed by atoms with E-state index in [2.05, 4.69) is 26.2 Å². The number of pyridine rings is 1. The molecule has 0 fully saturated rings.